The van der Waals surface area contributed by atoms with E-state index in [1.165, 1.54) is 18.2 Å². The Morgan fingerprint density at radius 1 is 0.692 bits per heavy atom. The minimum atomic E-state index is -1.12. The van der Waals surface area contributed by atoms with Crippen LogP contribution in [0.4, 0.5) is 11.4 Å². The molecule has 0 saturated carbocycles. The summed E-state index contributed by atoms with van der Waals surface area (Å²) in [6, 6.07) is 20.0. The molecule has 0 aliphatic heterocycles. The zero-order chi connectivity index (χ0) is 18.5. The Labute approximate surface area is 149 Å². The van der Waals surface area contributed by atoms with Gasteiger partial charge in [0.05, 0.1) is 22.5 Å². The highest BCUT2D eigenvalue weighted by atomic mass is 16.4. The van der Waals surface area contributed by atoms with Crippen molar-refractivity contribution in [3.63, 3.8) is 0 Å². The third-order valence-electron chi connectivity index (χ3n) is 3.71. The van der Waals surface area contributed by atoms with Gasteiger partial charge in [-0.15, -0.1) is 0 Å². The summed E-state index contributed by atoms with van der Waals surface area (Å²) in [5, 5.41) is 26.7. The zero-order valence-electron chi connectivity index (χ0n) is 13.5. The van der Waals surface area contributed by atoms with Crippen molar-refractivity contribution in [1.82, 2.24) is 0 Å². The number of carboxylic acids is 2. The highest BCUT2D eigenvalue weighted by Gasteiger charge is 2.14. The molecular formula is C20H14N2O4. The number of hydrogen-bond donors (Lipinski definition) is 2. The third-order valence-corrected chi connectivity index (χ3v) is 3.71. The van der Waals surface area contributed by atoms with Gasteiger partial charge in [0, 0.05) is 0 Å². The summed E-state index contributed by atoms with van der Waals surface area (Å²) in [7, 11) is 0. The summed E-state index contributed by atoms with van der Waals surface area (Å²) in [5.41, 5.74) is 2.31. The lowest BCUT2D eigenvalue weighted by molar-refractivity contribution is 0.0682. The second-order valence-corrected chi connectivity index (χ2v) is 5.45. The molecule has 0 aliphatic rings. The molecule has 0 radical (unpaired) electrons. The first-order valence-electron chi connectivity index (χ1n) is 7.72. The summed E-state index contributed by atoms with van der Waals surface area (Å²) in [6.45, 7) is 0. The molecule has 0 bridgehead atoms. The predicted octanol–water partition coefficient (Wildman–Crippen LogP) is 5.17. The minimum absolute atomic E-state index is 0.0258. The van der Waals surface area contributed by atoms with Crippen molar-refractivity contribution >= 4 is 23.3 Å². The van der Waals surface area contributed by atoms with Crippen molar-refractivity contribution < 1.29 is 19.8 Å². The van der Waals surface area contributed by atoms with Gasteiger partial charge in [-0.3, -0.25) is 0 Å². The van der Waals surface area contributed by atoms with E-state index in [1.54, 1.807) is 24.3 Å². The molecule has 0 atom stereocenters. The minimum Gasteiger partial charge on any atom is -0.478 e. The van der Waals surface area contributed by atoms with Gasteiger partial charge in [0.15, 0.2) is 0 Å². The van der Waals surface area contributed by atoms with Crippen LogP contribution in [0, 0.1) is 0 Å². The van der Waals surface area contributed by atoms with Gasteiger partial charge in [-0.05, 0) is 53.6 Å². The number of hydrogen-bond acceptors (Lipinski definition) is 4. The summed E-state index contributed by atoms with van der Waals surface area (Å²) < 4.78 is 0. The molecular weight excluding hydrogens is 332 g/mol. The van der Waals surface area contributed by atoms with E-state index >= 15 is 0 Å². The van der Waals surface area contributed by atoms with Crippen LogP contribution in [0.15, 0.2) is 83.0 Å². The van der Waals surface area contributed by atoms with E-state index in [9.17, 15) is 14.7 Å². The van der Waals surface area contributed by atoms with E-state index in [4.69, 9.17) is 5.11 Å². The molecule has 0 fully saturated rings. The third kappa shape index (κ3) is 3.81. The van der Waals surface area contributed by atoms with Gasteiger partial charge in [0.25, 0.3) is 0 Å². The fourth-order valence-electron chi connectivity index (χ4n) is 2.42. The van der Waals surface area contributed by atoms with Crippen LogP contribution in [-0.2, 0) is 0 Å². The molecule has 0 spiro atoms. The smallest absolute Gasteiger partial charge is 0.336 e. The van der Waals surface area contributed by atoms with E-state index in [1.807, 2.05) is 30.3 Å². The maximum Gasteiger partial charge on any atom is 0.336 e. The van der Waals surface area contributed by atoms with Crippen molar-refractivity contribution in [3.05, 3.63) is 83.9 Å². The van der Waals surface area contributed by atoms with E-state index in [0.717, 1.165) is 5.69 Å². The lowest BCUT2D eigenvalue weighted by Crippen LogP contribution is -2.03. The van der Waals surface area contributed by atoms with E-state index in [0.29, 0.717) is 16.8 Å². The van der Waals surface area contributed by atoms with Gasteiger partial charge in [-0.2, -0.15) is 10.2 Å². The quantitative estimate of drug-likeness (QED) is 0.623. The van der Waals surface area contributed by atoms with Gasteiger partial charge in [-0.1, -0.05) is 30.3 Å². The van der Waals surface area contributed by atoms with Crippen LogP contribution in [0.5, 0.6) is 0 Å². The fraction of sp³-hybridized carbons (Fsp3) is 0. The number of benzene rings is 3. The van der Waals surface area contributed by atoms with Crippen LogP contribution < -0.4 is 0 Å². The molecule has 3 rings (SSSR count). The normalized spacial score (nSPS) is 10.8. The monoisotopic (exact) mass is 346 g/mol. The SMILES string of the molecule is O=C(O)c1ccc(C(=O)O)c(-c2ccc(N=Nc3ccccc3)cc2)c1. The van der Waals surface area contributed by atoms with Crippen LogP contribution >= 0.6 is 0 Å². The first-order chi connectivity index (χ1) is 12.5. The molecule has 3 aromatic rings. The van der Waals surface area contributed by atoms with E-state index in [2.05, 4.69) is 10.2 Å². The number of aromatic carboxylic acids is 2. The zero-order valence-corrected chi connectivity index (χ0v) is 13.5. The maximum atomic E-state index is 11.4. The number of rotatable bonds is 5. The van der Waals surface area contributed by atoms with Crippen molar-refractivity contribution in [2.75, 3.05) is 0 Å². The Bertz CT molecular complexity index is 980. The molecule has 6 heteroatoms. The average Bonchev–Trinajstić information content (AvgIpc) is 2.67. The molecule has 2 N–H and O–H groups in total. The molecule has 0 aliphatic carbocycles. The van der Waals surface area contributed by atoms with Crippen molar-refractivity contribution in [3.8, 4) is 11.1 Å². The largest absolute Gasteiger partial charge is 0.478 e. The van der Waals surface area contributed by atoms with Crippen LogP contribution in [0.3, 0.4) is 0 Å². The van der Waals surface area contributed by atoms with Crippen LogP contribution in [0.1, 0.15) is 20.7 Å². The van der Waals surface area contributed by atoms with Gasteiger partial charge >= 0.3 is 11.9 Å². The standard InChI is InChI=1S/C20H14N2O4/c23-19(24)14-8-11-17(20(25)26)18(12-14)13-6-9-16(10-7-13)22-21-15-4-2-1-3-5-15/h1-12H,(H,23,24)(H,25,26). The second-order valence-electron chi connectivity index (χ2n) is 5.45. The second kappa shape index (κ2) is 7.40. The number of azo groups is 1. The number of nitrogens with zero attached hydrogens (tertiary/aromatic N) is 2. The Morgan fingerprint density at radius 3 is 1.88 bits per heavy atom. The Hall–Kier alpha value is -3.80. The molecule has 0 saturated heterocycles. The Balaban J connectivity index is 1.93. The van der Waals surface area contributed by atoms with E-state index < -0.39 is 11.9 Å². The summed E-state index contributed by atoms with van der Waals surface area (Å²) in [6.07, 6.45) is 0. The average molecular weight is 346 g/mol. The molecule has 0 heterocycles. The lowest BCUT2D eigenvalue weighted by Gasteiger charge is -2.08. The first kappa shape index (κ1) is 17.0. The maximum absolute atomic E-state index is 11.4. The highest BCUT2D eigenvalue weighted by molar-refractivity contribution is 5.99. The first-order valence-corrected chi connectivity index (χ1v) is 7.72. The molecule has 0 amide bonds. The van der Waals surface area contributed by atoms with Crippen molar-refractivity contribution in [2.24, 2.45) is 10.2 Å². The Kier molecular flexibility index (Phi) is 4.85. The summed E-state index contributed by atoms with van der Waals surface area (Å²) in [4.78, 5) is 22.6. The van der Waals surface area contributed by atoms with Crippen LogP contribution in [-0.4, -0.2) is 22.2 Å². The summed E-state index contributed by atoms with van der Waals surface area (Å²) >= 11 is 0. The van der Waals surface area contributed by atoms with Crippen molar-refractivity contribution in [1.29, 1.82) is 0 Å². The molecule has 6 nitrogen and oxygen atoms in total. The van der Waals surface area contributed by atoms with Gasteiger partial charge < -0.3 is 10.2 Å². The molecule has 3 aromatic carbocycles. The molecule has 26 heavy (non-hydrogen) atoms. The van der Waals surface area contributed by atoms with Gasteiger partial charge in [-0.25, -0.2) is 9.59 Å². The molecule has 0 unspecified atom stereocenters. The van der Waals surface area contributed by atoms with Crippen molar-refractivity contribution in [2.45, 2.75) is 0 Å². The van der Waals surface area contributed by atoms with Crippen LogP contribution in [0.25, 0.3) is 11.1 Å². The molecule has 0 aromatic heterocycles. The number of carboxylic acid groups (broad SMARTS) is 2. The fourth-order valence-corrected chi connectivity index (χ4v) is 2.42. The topological polar surface area (TPSA) is 99.3 Å². The van der Waals surface area contributed by atoms with Gasteiger partial charge in [0.1, 0.15) is 0 Å². The highest BCUT2D eigenvalue weighted by Crippen LogP contribution is 2.28. The lowest BCUT2D eigenvalue weighted by atomic mass is 9.97. The van der Waals surface area contributed by atoms with Crippen LogP contribution in [0.2, 0.25) is 0 Å². The molecule has 128 valence electrons. The summed E-state index contributed by atoms with van der Waals surface area (Å²) in [5.74, 6) is -2.23. The number of carbonyl (C=O) groups is 2. The Morgan fingerprint density at radius 2 is 1.31 bits per heavy atom. The van der Waals surface area contributed by atoms with E-state index in [-0.39, 0.29) is 11.1 Å². The predicted molar refractivity (Wildman–Crippen MR) is 96.4 cm³/mol. The van der Waals surface area contributed by atoms with Gasteiger partial charge in [0.2, 0.25) is 0 Å².